The maximum absolute atomic E-state index is 13.3. The maximum Gasteiger partial charge on any atom is 0.243 e. The Balaban J connectivity index is 1.74. The van der Waals surface area contributed by atoms with Crippen LogP contribution in [-0.2, 0) is 26.0 Å². The zero-order valence-electron chi connectivity index (χ0n) is 19.6. The number of carbonyl (C=O) groups excluding carboxylic acids is 2. The van der Waals surface area contributed by atoms with Crippen LogP contribution in [0.1, 0.15) is 38.2 Å². The summed E-state index contributed by atoms with van der Waals surface area (Å²) in [5, 5.41) is 3.47. The van der Waals surface area contributed by atoms with Crippen molar-refractivity contribution in [3.63, 3.8) is 0 Å². The predicted molar refractivity (Wildman–Crippen MR) is 133 cm³/mol. The van der Waals surface area contributed by atoms with Crippen molar-refractivity contribution in [1.29, 1.82) is 0 Å². The van der Waals surface area contributed by atoms with Crippen LogP contribution in [0, 0.1) is 0 Å². The van der Waals surface area contributed by atoms with Crippen molar-refractivity contribution < 1.29 is 18.0 Å². The van der Waals surface area contributed by atoms with E-state index in [9.17, 15) is 18.0 Å². The number of carbonyl (C=O) groups is 2. The number of rotatable bonds is 10. The molecule has 2 aromatic rings. The average molecular weight is 506 g/mol. The van der Waals surface area contributed by atoms with Gasteiger partial charge in [-0.2, -0.15) is 4.31 Å². The zero-order chi connectivity index (χ0) is 24.7. The van der Waals surface area contributed by atoms with E-state index in [0.29, 0.717) is 18.0 Å². The summed E-state index contributed by atoms with van der Waals surface area (Å²) in [5.41, 5.74) is 1.03. The predicted octanol–water partition coefficient (Wildman–Crippen LogP) is 3.48. The Morgan fingerprint density at radius 2 is 1.68 bits per heavy atom. The first-order valence-corrected chi connectivity index (χ1v) is 13.4. The van der Waals surface area contributed by atoms with E-state index in [0.717, 1.165) is 35.6 Å². The molecule has 1 fully saturated rings. The molecule has 0 radical (unpaired) electrons. The van der Waals surface area contributed by atoms with Gasteiger partial charge >= 0.3 is 0 Å². The zero-order valence-corrected chi connectivity index (χ0v) is 21.2. The number of nitrogens with zero attached hydrogens (tertiary/aromatic N) is 2. The minimum absolute atomic E-state index is 0.0510. The summed E-state index contributed by atoms with van der Waals surface area (Å²) in [7, 11) is -2.53. The molecule has 2 amide bonds. The molecule has 0 heterocycles. The second-order valence-electron chi connectivity index (χ2n) is 8.70. The molecule has 1 aliphatic carbocycles. The van der Waals surface area contributed by atoms with Gasteiger partial charge in [0.2, 0.25) is 21.8 Å². The lowest BCUT2D eigenvalue weighted by Crippen LogP contribution is -2.53. The highest BCUT2D eigenvalue weighted by Crippen LogP contribution is 2.19. The Labute approximate surface area is 207 Å². The fraction of sp³-hybridized carbons (Fsp3) is 0.440. The summed E-state index contributed by atoms with van der Waals surface area (Å²) in [5.74, 6) is -0.637. The van der Waals surface area contributed by atoms with Gasteiger partial charge in [0, 0.05) is 24.7 Å². The van der Waals surface area contributed by atoms with E-state index < -0.39 is 22.0 Å². The molecule has 2 aromatic carbocycles. The smallest absolute Gasteiger partial charge is 0.243 e. The van der Waals surface area contributed by atoms with Gasteiger partial charge in [0.05, 0.1) is 11.4 Å². The van der Waals surface area contributed by atoms with Crippen LogP contribution in [0.2, 0.25) is 5.02 Å². The molecular formula is C25H32ClN3O4S. The Morgan fingerprint density at radius 1 is 1.06 bits per heavy atom. The van der Waals surface area contributed by atoms with Crippen molar-refractivity contribution in [3.8, 4) is 0 Å². The summed E-state index contributed by atoms with van der Waals surface area (Å²) in [6.07, 6.45) is 4.62. The van der Waals surface area contributed by atoms with Crippen molar-refractivity contribution in [2.45, 2.75) is 56.0 Å². The minimum atomic E-state index is -3.89. The molecule has 0 aromatic heterocycles. The molecule has 1 aliphatic rings. The molecule has 1 N–H and O–H groups in total. The third-order valence-corrected chi connectivity index (χ3v) is 8.30. The molecule has 34 heavy (non-hydrogen) atoms. The molecule has 0 bridgehead atoms. The molecule has 3 rings (SSSR count). The highest BCUT2D eigenvalue weighted by atomic mass is 35.5. The topological polar surface area (TPSA) is 86.8 Å². The number of hydrogen-bond acceptors (Lipinski definition) is 4. The number of hydrogen-bond donors (Lipinski definition) is 1. The van der Waals surface area contributed by atoms with E-state index in [1.807, 2.05) is 30.3 Å². The fourth-order valence-corrected chi connectivity index (χ4v) is 5.36. The Bertz CT molecular complexity index is 1070. The molecule has 0 aliphatic heterocycles. The molecule has 0 spiro atoms. The van der Waals surface area contributed by atoms with Gasteiger partial charge in [0.1, 0.15) is 6.04 Å². The van der Waals surface area contributed by atoms with E-state index >= 15 is 0 Å². The first-order valence-electron chi connectivity index (χ1n) is 11.5. The van der Waals surface area contributed by atoms with E-state index in [-0.39, 0.29) is 23.4 Å². The molecule has 184 valence electrons. The summed E-state index contributed by atoms with van der Waals surface area (Å²) in [6, 6.07) is 14.9. The monoisotopic (exact) mass is 505 g/mol. The maximum atomic E-state index is 13.3. The van der Waals surface area contributed by atoms with Crippen LogP contribution in [0.25, 0.3) is 0 Å². The van der Waals surface area contributed by atoms with Crippen molar-refractivity contribution in [1.82, 2.24) is 14.5 Å². The largest absolute Gasteiger partial charge is 0.352 e. The van der Waals surface area contributed by atoms with E-state index in [1.54, 1.807) is 6.92 Å². The SMILES string of the molecule is C[C@@H](C(=O)NC1CCCC1)N(CCc1ccccc1)C(=O)CN(C)S(=O)(=O)c1ccc(Cl)cc1. The Kier molecular flexibility index (Phi) is 9.10. The first kappa shape index (κ1) is 26.2. The lowest BCUT2D eigenvalue weighted by molar-refractivity contribution is -0.140. The Hall–Kier alpha value is -2.42. The molecule has 7 nitrogen and oxygen atoms in total. The Morgan fingerprint density at radius 3 is 2.29 bits per heavy atom. The van der Waals surface area contributed by atoms with Crippen LogP contribution in [0.3, 0.4) is 0 Å². The molecule has 1 saturated carbocycles. The summed E-state index contributed by atoms with van der Waals surface area (Å²) >= 11 is 5.87. The van der Waals surface area contributed by atoms with Crippen LogP contribution in [0.5, 0.6) is 0 Å². The number of sulfonamides is 1. The van der Waals surface area contributed by atoms with Gasteiger partial charge in [-0.25, -0.2) is 8.42 Å². The first-order chi connectivity index (χ1) is 16.2. The van der Waals surface area contributed by atoms with Crippen molar-refractivity contribution in [2.75, 3.05) is 20.1 Å². The van der Waals surface area contributed by atoms with Crippen molar-refractivity contribution in [3.05, 3.63) is 65.2 Å². The number of benzene rings is 2. The molecule has 9 heteroatoms. The molecular weight excluding hydrogens is 474 g/mol. The van der Waals surface area contributed by atoms with Gasteiger partial charge in [-0.3, -0.25) is 9.59 Å². The van der Waals surface area contributed by atoms with Crippen LogP contribution < -0.4 is 5.32 Å². The number of halogens is 1. The summed E-state index contributed by atoms with van der Waals surface area (Å²) in [4.78, 5) is 27.8. The van der Waals surface area contributed by atoms with Crippen LogP contribution in [-0.4, -0.2) is 61.7 Å². The van der Waals surface area contributed by atoms with Gasteiger partial charge in [-0.15, -0.1) is 0 Å². The average Bonchev–Trinajstić information content (AvgIpc) is 3.33. The third kappa shape index (κ3) is 6.81. The van der Waals surface area contributed by atoms with Crippen LogP contribution >= 0.6 is 11.6 Å². The van der Waals surface area contributed by atoms with Gasteiger partial charge in [0.15, 0.2) is 0 Å². The highest BCUT2D eigenvalue weighted by Gasteiger charge is 2.31. The van der Waals surface area contributed by atoms with Crippen molar-refractivity contribution in [2.24, 2.45) is 0 Å². The molecule has 0 unspecified atom stereocenters. The quantitative estimate of drug-likeness (QED) is 0.535. The van der Waals surface area contributed by atoms with E-state index in [4.69, 9.17) is 11.6 Å². The number of amides is 2. The standard InChI is InChI=1S/C25H32ClN3O4S/c1-19(25(31)27-22-10-6-7-11-22)29(17-16-20-8-4-3-5-9-20)24(30)18-28(2)34(32,33)23-14-12-21(26)13-15-23/h3-5,8-9,12-15,19,22H,6-7,10-11,16-18H2,1-2H3,(H,27,31)/t19-/m0/s1. The van der Waals surface area contributed by atoms with Gasteiger partial charge in [-0.05, 0) is 56.0 Å². The second kappa shape index (κ2) is 11.8. The third-order valence-electron chi connectivity index (χ3n) is 6.23. The lowest BCUT2D eigenvalue weighted by Gasteiger charge is -2.31. The summed E-state index contributed by atoms with van der Waals surface area (Å²) in [6.45, 7) is 1.62. The van der Waals surface area contributed by atoms with E-state index in [1.165, 1.54) is 36.2 Å². The lowest BCUT2D eigenvalue weighted by atomic mass is 10.1. The van der Waals surface area contributed by atoms with E-state index in [2.05, 4.69) is 5.32 Å². The van der Waals surface area contributed by atoms with Gasteiger partial charge in [-0.1, -0.05) is 54.8 Å². The molecule has 1 atom stereocenters. The summed E-state index contributed by atoms with van der Waals surface area (Å²) < 4.78 is 26.9. The highest BCUT2D eigenvalue weighted by molar-refractivity contribution is 7.89. The normalized spacial score (nSPS) is 15.3. The van der Waals surface area contributed by atoms with Crippen LogP contribution in [0.4, 0.5) is 0 Å². The fourth-order valence-electron chi connectivity index (χ4n) is 4.11. The second-order valence-corrected chi connectivity index (χ2v) is 11.2. The number of likely N-dealkylation sites (N-methyl/N-ethyl adjacent to an activating group) is 1. The minimum Gasteiger partial charge on any atom is -0.352 e. The van der Waals surface area contributed by atoms with Gasteiger partial charge < -0.3 is 10.2 Å². The van der Waals surface area contributed by atoms with Crippen LogP contribution in [0.15, 0.2) is 59.5 Å². The van der Waals surface area contributed by atoms with Crippen molar-refractivity contribution >= 4 is 33.4 Å². The molecule has 0 saturated heterocycles. The van der Waals surface area contributed by atoms with Gasteiger partial charge in [0.25, 0.3) is 0 Å². The number of nitrogens with one attached hydrogen (secondary N) is 1.